The van der Waals surface area contributed by atoms with Crippen LogP contribution in [0.15, 0.2) is 53.0 Å². The number of hydrogen-bond donors (Lipinski definition) is 1. The van der Waals surface area contributed by atoms with Crippen molar-refractivity contribution in [2.45, 2.75) is 38.3 Å². The van der Waals surface area contributed by atoms with Crippen molar-refractivity contribution in [3.8, 4) is 0 Å². The van der Waals surface area contributed by atoms with Crippen LogP contribution in [0.5, 0.6) is 0 Å². The van der Waals surface area contributed by atoms with Crippen molar-refractivity contribution in [3.63, 3.8) is 0 Å². The second-order valence-corrected chi connectivity index (χ2v) is 6.50. The zero-order valence-corrected chi connectivity index (χ0v) is 13.4. The molecule has 0 saturated heterocycles. The van der Waals surface area contributed by atoms with E-state index < -0.39 is 0 Å². The molecule has 1 atom stereocenters. The zero-order valence-electron chi connectivity index (χ0n) is 11.8. The highest BCUT2D eigenvalue weighted by atomic mass is 79.9. The normalized spacial score (nSPS) is 16.1. The maximum Gasteiger partial charge on any atom is 0.0306 e. The Bertz CT molecular complexity index is 589. The van der Waals surface area contributed by atoms with E-state index >= 15 is 0 Å². The predicted octanol–water partition coefficient (Wildman–Crippen LogP) is 5.18. The third-order valence-corrected chi connectivity index (χ3v) is 4.71. The molecule has 0 amide bonds. The minimum absolute atomic E-state index is 0.343. The lowest BCUT2D eigenvalue weighted by Crippen LogP contribution is -2.18. The molecule has 3 rings (SSSR count). The summed E-state index contributed by atoms with van der Waals surface area (Å²) in [6, 6.07) is 17.8. The lowest BCUT2D eigenvalue weighted by molar-refractivity contribution is 0.572. The topological polar surface area (TPSA) is 12.0 Å². The highest BCUT2D eigenvalue weighted by Crippen LogP contribution is 2.40. The molecule has 0 radical (unpaired) electrons. The van der Waals surface area contributed by atoms with Crippen molar-refractivity contribution in [1.82, 2.24) is 5.32 Å². The van der Waals surface area contributed by atoms with Crippen LogP contribution in [-0.2, 0) is 6.54 Å². The van der Waals surface area contributed by atoms with Gasteiger partial charge in [-0.25, -0.2) is 0 Å². The first kappa shape index (κ1) is 13.8. The van der Waals surface area contributed by atoms with Crippen molar-refractivity contribution in [2.75, 3.05) is 0 Å². The fourth-order valence-corrected chi connectivity index (χ4v) is 3.21. The second-order valence-electron chi connectivity index (χ2n) is 5.64. The van der Waals surface area contributed by atoms with Gasteiger partial charge in [0.25, 0.3) is 0 Å². The van der Waals surface area contributed by atoms with Crippen molar-refractivity contribution in [1.29, 1.82) is 0 Å². The monoisotopic (exact) mass is 329 g/mol. The van der Waals surface area contributed by atoms with Gasteiger partial charge in [0.15, 0.2) is 0 Å². The van der Waals surface area contributed by atoms with E-state index in [1.54, 1.807) is 0 Å². The minimum atomic E-state index is 0.343. The molecule has 2 heteroatoms. The Labute approximate surface area is 129 Å². The lowest BCUT2D eigenvalue weighted by atomic mass is 10.1. The molecule has 0 spiro atoms. The van der Waals surface area contributed by atoms with E-state index in [1.165, 1.54) is 34.0 Å². The average molecular weight is 330 g/mol. The van der Waals surface area contributed by atoms with E-state index in [0.29, 0.717) is 6.04 Å². The molecule has 1 nitrogen and oxygen atoms in total. The van der Waals surface area contributed by atoms with E-state index in [2.05, 4.69) is 76.7 Å². The first-order chi connectivity index (χ1) is 9.74. The Morgan fingerprint density at radius 2 is 1.95 bits per heavy atom. The zero-order chi connectivity index (χ0) is 13.9. The highest BCUT2D eigenvalue weighted by molar-refractivity contribution is 9.10. The molecule has 2 aromatic carbocycles. The standard InChI is InChI=1S/C18H20BrN/c1-13(17-7-2-3-8-18(17)19)20-12-14-5-4-6-16(11-14)15-9-10-15/h2-8,11,13,15,20H,9-10,12H2,1H3/t13-/m1/s1. The quantitative estimate of drug-likeness (QED) is 0.797. The summed E-state index contributed by atoms with van der Waals surface area (Å²) in [6.07, 6.45) is 2.73. The molecule has 20 heavy (non-hydrogen) atoms. The van der Waals surface area contributed by atoms with Gasteiger partial charge in [-0.05, 0) is 48.4 Å². The maximum absolute atomic E-state index is 3.62. The van der Waals surface area contributed by atoms with Gasteiger partial charge in [0.05, 0.1) is 0 Å². The van der Waals surface area contributed by atoms with Crippen molar-refractivity contribution in [3.05, 3.63) is 69.7 Å². The van der Waals surface area contributed by atoms with Gasteiger partial charge in [-0.2, -0.15) is 0 Å². The van der Waals surface area contributed by atoms with Gasteiger partial charge >= 0.3 is 0 Å². The smallest absolute Gasteiger partial charge is 0.0306 e. The molecular weight excluding hydrogens is 310 g/mol. The number of nitrogens with one attached hydrogen (secondary N) is 1. The van der Waals surface area contributed by atoms with Crippen LogP contribution in [0.3, 0.4) is 0 Å². The van der Waals surface area contributed by atoms with Gasteiger partial charge in [0, 0.05) is 17.1 Å². The Hall–Kier alpha value is -1.12. The summed E-state index contributed by atoms with van der Waals surface area (Å²) in [5, 5.41) is 3.61. The number of halogens is 1. The molecule has 1 fully saturated rings. The summed E-state index contributed by atoms with van der Waals surface area (Å²) in [6.45, 7) is 3.13. The molecular formula is C18H20BrN. The van der Waals surface area contributed by atoms with Gasteiger partial charge in [0.2, 0.25) is 0 Å². The molecule has 104 valence electrons. The van der Waals surface area contributed by atoms with Crippen molar-refractivity contribution in [2.24, 2.45) is 0 Å². The Kier molecular flexibility index (Phi) is 4.23. The van der Waals surface area contributed by atoms with Crippen LogP contribution in [0.1, 0.15) is 48.4 Å². The molecule has 0 bridgehead atoms. The average Bonchev–Trinajstić information content (AvgIpc) is 3.30. The second kappa shape index (κ2) is 6.11. The van der Waals surface area contributed by atoms with Gasteiger partial charge in [-0.1, -0.05) is 58.4 Å². The fourth-order valence-electron chi connectivity index (χ4n) is 2.58. The molecule has 1 aliphatic carbocycles. The van der Waals surface area contributed by atoms with Crippen molar-refractivity contribution < 1.29 is 0 Å². The first-order valence-electron chi connectivity index (χ1n) is 7.30. The first-order valence-corrected chi connectivity index (χ1v) is 8.10. The summed E-state index contributed by atoms with van der Waals surface area (Å²) >= 11 is 3.62. The predicted molar refractivity (Wildman–Crippen MR) is 87.8 cm³/mol. The van der Waals surface area contributed by atoms with Crippen LogP contribution in [0.25, 0.3) is 0 Å². The van der Waals surface area contributed by atoms with Crippen LogP contribution < -0.4 is 5.32 Å². The lowest BCUT2D eigenvalue weighted by Gasteiger charge is -2.16. The Morgan fingerprint density at radius 3 is 2.70 bits per heavy atom. The van der Waals surface area contributed by atoms with Gasteiger partial charge in [-0.15, -0.1) is 0 Å². The van der Waals surface area contributed by atoms with E-state index in [-0.39, 0.29) is 0 Å². The van der Waals surface area contributed by atoms with Crippen molar-refractivity contribution >= 4 is 15.9 Å². The summed E-state index contributed by atoms with van der Waals surface area (Å²) in [5.74, 6) is 0.829. The molecule has 0 aliphatic heterocycles. The van der Waals surface area contributed by atoms with Gasteiger partial charge in [-0.3, -0.25) is 0 Å². The number of rotatable bonds is 5. The summed E-state index contributed by atoms with van der Waals surface area (Å²) in [7, 11) is 0. The molecule has 1 saturated carbocycles. The third-order valence-electron chi connectivity index (χ3n) is 3.98. The van der Waals surface area contributed by atoms with Crippen LogP contribution in [-0.4, -0.2) is 0 Å². The minimum Gasteiger partial charge on any atom is -0.306 e. The van der Waals surface area contributed by atoms with Crippen LogP contribution in [0, 0.1) is 0 Å². The molecule has 0 unspecified atom stereocenters. The molecule has 0 heterocycles. The molecule has 1 N–H and O–H groups in total. The number of hydrogen-bond acceptors (Lipinski definition) is 1. The SMILES string of the molecule is C[C@@H](NCc1cccc(C2CC2)c1)c1ccccc1Br. The van der Waals surface area contributed by atoms with Crippen LogP contribution in [0.2, 0.25) is 0 Å². The van der Waals surface area contributed by atoms with E-state index in [1.807, 2.05) is 0 Å². The largest absolute Gasteiger partial charge is 0.306 e. The molecule has 2 aromatic rings. The van der Waals surface area contributed by atoms with Crippen LogP contribution >= 0.6 is 15.9 Å². The van der Waals surface area contributed by atoms with Gasteiger partial charge in [0.1, 0.15) is 0 Å². The van der Waals surface area contributed by atoms with E-state index in [9.17, 15) is 0 Å². The van der Waals surface area contributed by atoms with Gasteiger partial charge < -0.3 is 5.32 Å². The highest BCUT2D eigenvalue weighted by Gasteiger charge is 2.23. The summed E-state index contributed by atoms with van der Waals surface area (Å²) in [5.41, 5.74) is 4.21. The van der Waals surface area contributed by atoms with E-state index in [4.69, 9.17) is 0 Å². The summed E-state index contributed by atoms with van der Waals surface area (Å²) in [4.78, 5) is 0. The molecule has 1 aliphatic rings. The molecule has 0 aromatic heterocycles. The Balaban J connectivity index is 1.64. The number of benzene rings is 2. The fraction of sp³-hybridized carbons (Fsp3) is 0.333. The third kappa shape index (κ3) is 3.31. The summed E-state index contributed by atoms with van der Waals surface area (Å²) < 4.78 is 1.17. The van der Waals surface area contributed by atoms with Crippen LogP contribution in [0.4, 0.5) is 0 Å². The maximum atomic E-state index is 3.62. The van der Waals surface area contributed by atoms with E-state index in [0.717, 1.165) is 12.5 Å². The Morgan fingerprint density at radius 1 is 1.15 bits per heavy atom.